The molecule has 0 radical (unpaired) electrons. The predicted molar refractivity (Wildman–Crippen MR) is 41.0 cm³/mol. The molecule has 0 aromatic heterocycles. The van der Waals surface area contributed by atoms with Gasteiger partial charge in [-0.2, -0.15) is 0 Å². The Labute approximate surface area is 65.8 Å². The zero-order valence-electron chi connectivity index (χ0n) is 6.42. The van der Waals surface area contributed by atoms with Crippen LogP contribution in [0.5, 0.6) is 0 Å². The molecule has 2 unspecified atom stereocenters. The number of carboxylic acids is 1. The Hall–Kier alpha value is -1.01. The molecule has 0 aromatic carbocycles. The van der Waals surface area contributed by atoms with Gasteiger partial charge in [0.25, 0.3) is 0 Å². The molecule has 1 rings (SSSR count). The van der Waals surface area contributed by atoms with Crippen LogP contribution < -0.4 is 5.32 Å². The molecule has 1 fully saturated rings. The van der Waals surface area contributed by atoms with Crippen molar-refractivity contribution in [2.24, 2.45) is 5.92 Å². The average molecular weight is 153 g/mol. The van der Waals surface area contributed by atoms with E-state index >= 15 is 0 Å². The number of aliphatic carboxylic acids is 1. The third-order valence-corrected chi connectivity index (χ3v) is 1.78. The van der Waals surface area contributed by atoms with Gasteiger partial charge in [-0.05, 0) is 13.3 Å². The Morgan fingerprint density at radius 2 is 2.45 bits per heavy atom. The summed E-state index contributed by atoms with van der Waals surface area (Å²) >= 11 is 0. The minimum absolute atomic E-state index is 0.223. The largest absolute Gasteiger partial charge is 0.480 e. The van der Waals surface area contributed by atoms with Crippen molar-refractivity contribution >= 4 is 5.97 Å². The second kappa shape index (κ2) is 3.40. The maximum absolute atomic E-state index is 10.4. The van der Waals surface area contributed by atoms with Gasteiger partial charge in [0.2, 0.25) is 0 Å². The molecule has 0 spiro atoms. The van der Waals surface area contributed by atoms with E-state index in [9.17, 15) is 4.79 Å². The van der Waals surface area contributed by atoms with Gasteiger partial charge in [0.1, 0.15) is 6.04 Å². The van der Waals surface area contributed by atoms with E-state index in [1.165, 1.54) is 0 Å². The predicted octanol–water partition coefficient (Wildman–Crippen LogP) is 0.0724. The summed E-state index contributed by atoms with van der Waals surface area (Å²) in [5.74, 6) is 5.19. The minimum Gasteiger partial charge on any atom is -0.480 e. The lowest BCUT2D eigenvalue weighted by Crippen LogP contribution is -2.29. The van der Waals surface area contributed by atoms with Crippen molar-refractivity contribution in [2.75, 3.05) is 6.54 Å². The molecule has 0 amide bonds. The summed E-state index contributed by atoms with van der Waals surface area (Å²) in [6.07, 6.45) is 0.635. The summed E-state index contributed by atoms with van der Waals surface area (Å²) < 4.78 is 0. The molecule has 1 saturated heterocycles. The number of carbonyl (C=O) groups is 1. The molecule has 2 atom stereocenters. The van der Waals surface area contributed by atoms with Crippen molar-refractivity contribution in [2.45, 2.75) is 19.4 Å². The fourth-order valence-electron chi connectivity index (χ4n) is 1.24. The van der Waals surface area contributed by atoms with Gasteiger partial charge in [0.15, 0.2) is 0 Å². The highest BCUT2D eigenvalue weighted by Crippen LogP contribution is 2.12. The van der Waals surface area contributed by atoms with E-state index in [0.29, 0.717) is 13.0 Å². The third kappa shape index (κ3) is 1.95. The average Bonchev–Trinajstić information content (AvgIpc) is 2.37. The second-order valence-electron chi connectivity index (χ2n) is 2.63. The molecule has 3 heteroatoms. The molecule has 0 aliphatic carbocycles. The van der Waals surface area contributed by atoms with Crippen LogP contribution in [-0.2, 0) is 4.79 Å². The van der Waals surface area contributed by atoms with Crippen molar-refractivity contribution in [3.05, 3.63) is 0 Å². The van der Waals surface area contributed by atoms with Crippen molar-refractivity contribution in [1.29, 1.82) is 0 Å². The summed E-state index contributed by atoms with van der Waals surface area (Å²) in [5, 5.41) is 11.5. The molecule has 0 bridgehead atoms. The molecule has 3 nitrogen and oxygen atoms in total. The summed E-state index contributed by atoms with van der Waals surface area (Å²) in [7, 11) is 0. The zero-order valence-corrected chi connectivity index (χ0v) is 6.42. The van der Waals surface area contributed by atoms with E-state index in [1.807, 2.05) is 0 Å². The zero-order chi connectivity index (χ0) is 8.27. The van der Waals surface area contributed by atoms with Crippen LogP contribution in [0.2, 0.25) is 0 Å². The van der Waals surface area contributed by atoms with Gasteiger partial charge in [-0.3, -0.25) is 4.79 Å². The molecular formula is C8H11NO2. The van der Waals surface area contributed by atoms with Crippen LogP contribution in [0.15, 0.2) is 0 Å². The van der Waals surface area contributed by atoms with Gasteiger partial charge in [0.05, 0.1) is 0 Å². The number of hydrogen-bond donors (Lipinski definition) is 2. The van der Waals surface area contributed by atoms with Gasteiger partial charge in [-0.25, -0.2) is 0 Å². The minimum atomic E-state index is -0.773. The summed E-state index contributed by atoms with van der Waals surface area (Å²) in [5.41, 5.74) is 0. The molecule has 0 saturated carbocycles. The van der Waals surface area contributed by atoms with Gasteiger partial charge < -0.3 is 10.4 Å². The van der Waals surface area contributed by atoms with Crippen LogP contribution in [0.25, 0.3) is 0 Å². The summed E-state index contributed by atoms with van der Waals surface area (Å²) in [6.45, 7) is 2.48. The van der Waals surface area contributed by atoms with Crippen LogP contribution in [0.3, 0.4) is 0 Å². The monoisotopic (exact) mass is 153 g/mol. The lowest BCUT2D eigenvalue weighted by molar-refractivity contribution is -0.139. The molecule has 0 aromatic rings. The van der Waals surface area contributed by atoms with E-state index in [1.54, 1.807) is 6.92 Å². The van der Waals surface area contributed by atoms with E-state index in [-0.39, 0.29) is 12.0 Å². The van der Waals surface area contributed by atoms with Crippen LogP contribution in [0, 0.1) is 17.8 Å². The number of nitrogens with one attached hydrogen (secondary N) is 1. The fourth-order valence-corrected chi connectivity index (χ4v) is 1.24. The van der Waals surface area contributed by atoms with Crippen molar-refractivity contribution in [3.63, 3.8) is 0 Å². The first kappa shape index (κ1) is 8.09. The van der Waals surface area contributed by atoms with Crippen LogP contribution in [0.1, 0.15) is 13.3 Å². The van der Waals surface area contributed by atoms with Crippen molar-refractivity contribution in [3.8, 4) is 11.8 Å². The Morgan fingerprint density at radius 3 is 2.91 bits per heavy atom. The van der Waals surface area contributed by atoms with Gasteiger partial charge in [-0.1, -0.05) is 5.92 Å². The van der Waals surface area contributed by atoms with Gasteiger partial charge >= 0.3 is 5.97 Å². The summed E-state index contributed by atoms with van der Waals surface area (Å²) in [6, 6.07) is -0.388. The van der Waals surface area contributed by atoms with E-state index in [4.69, 9.17) is 5.11 Å². The molecule has 60 valence electrons. The maximum Gasteiger partial charge on any atom is 0.320 e. The molecular weight excluding hydrogens is 142 g/mol. The Morgan fingerprint density at radius 1 is 1.73 bits per heavy atom. The van der Waals surface area contributed by atoms with E-state index in [2.05, 4.69) is 17.2 Å². The SMILES string of the molecule is CC#CC1CNC(C(=O)O)C1. The molecule has 1 heterocycles. The van der Waals surface area contributed by atoms with Crippen molar-refractivity contribution < 1.29 is 9.90 Å². The van der Waals surface area contributed by atoms with Crippen LogP contribution >= 0.6 is 0 Å². The smallest absolute Gasteiger partial charge is 0.320 e. The third-order valence-electron chi connectivity index (χ3n) is 1.78. The second-order valence-corrected chi connectivity index (χ2v) is 2.63. The lowest BCUT2D eigenvalue weighted by atomic mass is 10.1. The summed E-state index contributed by atoms with van der Waals surface area (Å²) in [4.78, 5) is 10.4. The lowest BCUT2D eigenvalue weighted by Gasteiger charge is -2.00. The highest BCUT2D eigenvalue weighted by molar-refractivity contribution is 5.73. The van der Waals surface area contributed by atoms with Crippen LogP contribution in [-0.4, -0.2) is 23.7 Å². The molecule has 1 aliphatic heterocycles. The van der Waals surface area contributed by atoms with Gasteiger partial charge in [-0.15, -0.1) is 5.92 Å². The van der Waals surface area contributed by atoms with E-state index in [0.717, 1.165) is 0 Å². The first-order valence-electron chi connectivity index (χ1n) is 3.62. The molecule has 1 aliphatic rings. The quantitative estimate of drug-likeness (QED) is 0.524. The number of rotatable bonds is 1. The molecule has 11 heavy (non-hydrogen) atoms. The first-order chi connectivity index (χ1) is 5.24. The highest BCUT2D eigenvalue weighted by atomic mass is 16.4. The normalized spacial score (nSPS) is 29.2. The molecule has 2 N–H and O–H groups in total. The standard InChI is InChI=1S/C8H11NO2/c1-2-3-6-4-7(8(10)11)9-5-6/h6-7,9H,4-5H2,1H3,(H,10,11). The first-order valence-corrected chi connectivity index (χ1v) is 3.62. The topological polar surface area (TPSA) is 49.3 Å². The van der Waals surface area contributed by atoms with Crippen molar-refractivity contribution in [1.82, 2.24) is 5.32 Å². The van der Waals surface area contributed by atoms with E-state index < -0.39 is 5.97 Å². The van der Waals surface area contributed by atoms with Gasteiger partial charge in [0, 0.05) is 12.5 Å². The fraction of sp³-hybridized carbons (Fsp3) is 0.625. The highest BCUT2D eigenvalue weighted by Gasteiger charge is 2.27. The number of hydrogen-bond acceptors (Lipinski definition) is 2. The Balaban J connectivity index is 2.45. The Kier molecular flexibility index (Phi) is 2.50. The Bertz CT molecular complexity index is 214. The van der Waals surface area contributed by atoms with Crippen LogP contribution in [0.4, 0.5) is 0 Å². The maximum atomic E-state index is 10.4. The number of carboxylic acid groups (broad SMARTS) is 1.